The number of ether oxygens (including phenoxy) is 1. The van der Waals surface area contributed by atoms with E-state index in [1.165, 1.54) is 7.11 Å². The molecule has 2 bridgehead atoms. The van der Waals surface area contributed by atoms with Crippen LogP contribution in [0.5, 0.6) is 0 Å². The summed E-state index contributed by atoms with van der Waals surface area (Å²) in [6, 6.07) is 10.3. The van der Waals surface area contributed by atoms with E-state index >= 15 is 0 Å². The monoisotopic (exact) mass is 340 g/mol. The van der Waals surface area contributed by atoms with Gasteiger partial charge in [-0.05, 0) is 35.8 Å². The van der Waals surface area contributed by atoms with Gasteiger partial charge in [-0.25, -0.2) is 4.79 Å². The number of benzene rings is 1. The van der Waals surface area contributed by atoms with Crippen molar-refractivity contribution in [3.05, 3.63) is 36.0 Å². The lowest BCUT2D eigenvalue weighted by Gasteiger charge is -2.50. The highest BCUT2D eigenvalue weighted by atomic mass is 16.5. The predicted molar refractivity (Wildman–Crippen MR) is 95.3 cm³/mol. The standard InChI is InChI=1S/C20H24N2O3/c1-3-13-12-21(8-9-23)17-11-15(13)19(20(24)25-2)22-16-7-5-4-6-14(16)10-18(17)22/h4-7,9-10,13,15,17,19H,3,8,11-12H2,1-2H3/t13?,15-,17-,19-/m0/s1. The summed E-state index contributed by atoms with van der Waals surface area (Å²) in [6.45, 7) is 3.47. The van der Waals surface area contributed by atoms with Gasteiger partial charge in [-0.15, -0.1) is 0 Å². The summed E-state index contributed by atoms with van der Waals surface area (Å²) < 4.78 is 7.37. The second-order valence-corrected chi connectivity index (χ2v) is 7.17. The van der Waals surface area contributed by atoms with Crippen LogP contribution in [-0.2, 0) is 14.3 Å². The average molecular weight is 340 g/mol. The minimum absolute atomic E-state index is 0.159. The first-order valence-electron chi connectivity index (χ1n) is 9.05. The average Bonchev–Trinajstić information content (AvgIpc) is 3.03. The van der Waals surface area contributed by atoms with Gasteiger partial charge < -0.3 is 14.1 Å². The lowest BCUT2D eigenvalue weighted by atomic mass is 9.73. The van der Waals surface area contributed by atoms with Crippen molar-refractivity contribution in [3.63, 3.8) is 0 Å². The molecule has 132 valence electrons. The fraction of sp³-hybridized carbons (Fsp3) is 0.500. The first-order valence-corrected chi connectivity index (χ1v) is 9.05. The zero-order chi connectivity index (χ0) is 17.6. The molecule has 1 fully saturated rings. The number of hydrogen-bond acceptors (Lipinski definition) is 4. The van der Waals surface area contributed by atoms with Gasteiger partial charge in [0.25, 0.3) is 0 Å². The Bertz CT molecular complexity index is 812. The molecule has 1 unspecified atom stereocenters. The summed E-state index contributed by atoms with van der Waals surface area (Å²) in [7, 11) is 1.47. The Hall–Kier alpha value is -2.14. The summed E-state index contributed by atoms with van der Waals surface area (Å²) in [4.78, 5) is 26.2. The molecule has 0 saturated carbocycles. The van der Waals surface area contributed by atoms with Crippen LogP contribution in [0.3, 0.4) is 0 Å². The fourth-order valence-corrected chi connectivity index (χ4v) is 4.94. The first kappa shape index (κ1) is 16.3. The molecule has 4 atom stereocenters. The maximum Gasteiger partial charge on any atom is 0.329 e. The minimum atomic E-state index is -0.278. The van der Waals surface area contributed by atoms with Gasteiger partial charge in [0.1, 0.15) is 12.3 Å². The van der Waals surface area contributed by atoms with E-state index in [1.54, 1.807) is 0 Å². The lowest BCUT2D eigenvalue weighted by Crippen LogP contribution is -2.51. The first-order chi connectivity index (χ1) is 12.2. The Balaban J connectivity index is 1.93. The normalized spacial score (nSPS) is 28.6. The van der Waals surface area contributed by atoms with Crippen molar-refractivity contribution in [2.45, 2.75) is 31.8 Å². The number of hydrogen-bond donors (Lipinski definition) is 0. The van der Waals surface area contributed by atoms with E-state index in [2.05, 4.69) is 34.6 Å². The van der Waals surface area contributed by atoms with Gasteiger partial charge >= 0.3 is 5.97 Å². The summed E-state index contributed by atoms with van der Waals surface area (Å²) >= 11 is 0. The van der Waals surface area contributed by atoms with Crippen molar-refractivity contribution in [1.29, 1.82) is 0 Å². The summed E-state index contributed by atoms with van der Waals surface area (Å²) in [5, 5.41) is 1.14. The second kappa shape index (κ2) is 6.30. The third kappa shape index (κ3) is 2.41. The van der Waals surface area contributed by atoms with E-state index in [4.69, 9.17) is 4.74 Å². The highest BCUT2D eigenvalue weighted by molar-refractivity contribution is 5.85. The van der Waals surface area contributed by atoms with Gasteiger partial charge in [-0.3, -0.25) is 4.90 Å². The van der Waals surface area contributed by atoms with Gasteiger partial charge in [-0.1, -0.05) is 31.5 Å². The smallest absolute Gasteiger partial charge is 0.329 e. The van der Waals surface area contributed by atoms with Crippen LogP contribution in [-0.4, -0.2) is 41.9 Å². The Morgan fingerprint density at radius 2 is 2.16 bits per heavy atom. The van der Waals surface area contributed by atoms with E-state index in [0.717, 1.165) is 42.3 Å². The summed E-state index contributed by atoms with van der Waals surface area (Å²) in [5.74, 6) is 0.469. The topological polar surface area (TPSA) is 51.5 Å². The van der Waals surface area contributed by atoms with E-state index in [0.29, 0.717) is 12.5 Å². The number of fused-ring (bicyclic) bond motifs is 6. The number of methoxy groups -OCH3 is 1. The van der Waals surface area contributed by atoms with Crippen LogP contribution in [0.1, 0.15) is 37.5 Å². The van der Waals surface area contributed by atoms with Gasteiger partial charge in [0.05, 0.1) is 19.7 Å². The minimum Gasteiger partial charge on any atom is -0.467 e. The molecule has 4 rings (SSSR count). The van der Waals surface area contributed by atoms with Crippen LogP contribution in [0.4, 0.5) is 0 Å². The largest absolute Gasteiger partial charge is 0.467 e. The predicted octanol–water partition coefficient (Wildman–Crippen LogP) is 2.96. The molecule has 0 spiro atoms. The zero-order valence-electron chi connectivity index (χ0n) is 14.7. The van der Waals surface area contributed by atoms with Gasteiger partial charge in [0.15, 0.2) is 0 Å². The van der Waals surface area contributed by atoms with Crippen molar-refractivity contribution in [3.8, 4) is 0 Å². The third-order valence-corrected chi connectivity index (χ3v) is 6.09. The highest BCUT2D eigenvalue weighted by Crippen LogP contribution is 2.50. The molecule has 0 amide bonds. The molecule has 2 aliphatic rings. The molecule has 1 saturated heterocycles. The molecular formula is C20H24N2O3. The van der Waals surface area contributed by atoms with Crippen molar-refractivity contribution < 1.29 is 14.3 Å². The number of likely N-dealkylation sites (tertiary alicyclic amines) is 1. The van der Waals surface area contributed by atoms with Crippen LogP contribution >= 0.6 is 0 Å². The van der Waals surface area contributed by atoms with Crippen LogP contribution in [0.25, 0.3) is 10.9 Å². The van der Waals surface area contributed by atoms with Crippen molar-refractivity contribution in [2.75, 3.05) is 20.2 Å². The number of aldehydes is 1. The number of aromatic nitrogens is 1. The third-order valence-electron chi connectivity index (χ3n) is 6.09. The Morgan fingerprint density at radius 1 is 1.36 bits per heavy atom. The maximum absolute atomic E-state index is 12.7. The van der Waals surface area contributed by atoms with Gasteiger partial charge in [-0.2, -0.15) is 0 Å². The lowest BCUT2D eigenvalue weighted by molar-refractivity contribution is -0.150. The number of carbonyl (C=O) groups is 2. The molecule has 0 radical (unpaired) electrons. The Labute approximate surface area is 147 Å². The maximum atomic E-state index is 12.7. The second-order valence-electron chi connectivity index (χ2n) is 7.17. The fourth-order valence-electron chi connectivity index (χ4n) is 4.94. The molecule has 1 aromatic heterocycles. The molecule has 0 N–H and O–H groups in total. The number of nitrogens with zero attached hydrogens (tertiary/aromatic N) is 2. The molecule has 5 heteroatoms. The molecular weight excluding hydrogens is 316 g/mol. The van der Waals surface area contributed by atoms with Crippen molar-refractivity contribution in [2.24, 2.45) is 11.8 Å². The molecule has 25 heavy (non-hydrogen) atoms. The number of piperidine rings is 1. The van der Waals surface area contributed by atoms with Crippen molar-refractivity contribution >= 4 is 23.2 Å². The number of esters is 1. The number of carbonyl (C=O) groups excluding carboxylic acids is 2. The molecule has 0 aliphatic carbocycles. The summed E-state index contributed by atoms with van der Waals surface area (Å²) in [5.41, 5.74) is 2.20. The SMILES string of the molecule is CCC1CN(CC=O)[C@H]2C[C@@H]1[C@@H](C(=O)OC)n1c2cc2ccccc21. The van der Waals surface area contributed by atoms with Crippen molar-refractivity contribution in [1.82, 2.24) is 9.47 Å². The highest BCUT2D eigenvalue weighted by Gasteiger charge is 2.48. The number of rotatable bonds is 4. The van der Waals surface area contributed by atoms with Crippen LogP contribution in [0, 0.1) is 11.8 Å². The van der Waals surface area contributed by atoms with Gasteiger partial charge in [0.2, 0.25) is 0 Å². The van der Waals surface area contributed by atoms with E-state index in [-0.39, 0.29) is 24.0 Å². The van der Waals surface area contributed by atoms with E-state index in [1.807, 2.05) is 12.1 Å². The Kier molecular flexibility index (Phi) is 4.12. The van der Waals surface area contributed by atoms with Crippen LogP contribution < -0.4 is 0 Å². The molecule has 3 heterocycles. The zero-order valence-corrected chi connectivity index (χ0v) is 14.7. The molecule has 2 aliphatic heterocycles. The van der Waals surface area contributed by atoms with E-state index < -0.39 is 0 Å². The molecule has 2 aromatic rings. The molecule has 1 aromatic carbocycles. The van der Waals surface area contributed by atoms with Crippen LogP contribution in [0.15, 0.2) is 30.3 Å². The number of para-hydroxylation sites is 1. The Morgan fingerprint density at radius 3 is 2.88 bits per heavy atom. The van der Waals surface area contributed by atoms with Crippen LogP contribution in [0.2, 0.25) is 0 Å². The van der Waals surface area contributed by atoms with E-state index in [9.17, 15) is 9.59 Å². The van der Waals surface area contributed by atoms with Gasteiger partial charge in [0, 0.05) is 17.8 Å². The quantitative estimate of drug-likeness (QED) is 0.634. The summed E-state index contributed by atoms with van der Waals surface area (Å²) in [6.07, 6.45) is 2.89. The molecule has 5 nitrogen and oxygen atoms in total.